The normalized spacial score (nSPS) is 30.3. The molecule has 4 aliphatic heterocycles. The Morgan fingerprint density at radius 1 is 1.12 bits per heavy atom. The number of likely N-dealkylation sites (tertiary alicyclic amines) is 3. The van der Waals surface area contributed by atoms with Crippen LogP contribution in [0.4, 0.5) is 22.4 Å². The molecule has 4 saturated heterocycles. The number of alkyl halides is 3. The third kappa shape index (κ3) is 4.66. The molecule has 34 heavy (non-hydrogen) atoms. The van der Waals surface area contributed by atoms with Crippen molar-refractivity contribution in [3.05, 3.63) is 35.1 Å². The van der Waals surface area contributed by atoms with E-state index in [-0.39, 0.29) is 48.0 Å². The van der Waals surface area contributed by atoms with E-state index in [1.807, 2.05) is 9.80 Å². The molecule has 0 aliphatic carbocycles. The van der Waals surface area contributed by atoms with Crippen LogP contribution in [0.25, 0.3) is 0 Å². The number of ether oxygens (including phenoxy) is 1. The van der Waals surface area contributed by atoms with E-state index in [0.717, 1.165) is 31.9 Å². The molecule has 1 aromatic carbocycles. The van der Waals surface area contributed by atoms with E-state index in [2.05, 4.69) is 4.90 Å². The largest absolute Gasteiger partial charge is 0.416 e. The SMILES string of the molecule is O=C1CO[C@H]2CCN(C(=O)N3CCC4(CCN(Cc5ccc(C(F)(F)F)cc5F)C4)C3)C[C@H]2C1. The second-order valence-electron chi connectivity index (χ2n) is 10.3. The molecule has 4 heterocycles. The Labute approximate surface area is 195 Å². The van der Waals surface area contributed by atoms with Gasteiger partial charge in [0.05, 0.1) is 11.7 Å². The fraction of sp³-hybridized carbons (Fsp3) is 0.667. The zero-order chi connectivity index (χ0) is 24.1. The van der Waals surface area contributed by atoms with Crippen molar-refractivity contribution in [2.24, 2.45) is 11.3 Å². The number of hydrogen-bond acceptors (Lipinski definition) is 4. The average molecular weight is 484 g/mol. The van der Waals surface area contributed by atoms with Gasteiger partial charge in [-0.1, -0.05) is 6.07 Å². The molecule has 186 valence electrons. The van der Waals surface area contributed by atoms with E-state index in [1.54, 1.807) is 0 Å². The molecule has 3 atom stereocenters. The second-order valence-corrected chi connectivity index (χ2v) is 10.3. The fourth-order valence-corrected chi connectivity index (χ4v) is 6.04. The minimum atomic E-state index is -4.56. The van der Waals surface area contributed by atoms with Crippen LogP contribution in [0.5, 0.6) is 0 Å². The molecule has 10 heteroatoms. The predicted octanol–water partition coefficient (Wildman–Crippen LogP) is 3.54. The van der Waals surface area contributed by atoms with Crippen molar-refractivity contribution < 1.29 is 31.9 Å². The molecular weight excluding hydrogens is 454 g/mol. The van der Waals surface area contributed by atoms with E-state index in [0.29, 0.717) is 45.2 Å². The van der Waals surface area contributed by atoms with Gasteiger partial charge in [0.15, 0.2) is 5.78 Å². The molecule has 6 nitrogen and oxygen atoms in total. The topological polar surface area (TPSA) is 53.1 Å². The van der Waals surface area contributed by atoms with Gasteiger partial charge >= 0.3 is 12.2 Å². The highest BCUT2D eigenvalue weighted by atomic mass is 19.4. The highest BCUT2D eigenvalue weighted by Gasteiger charge is 2.46. The minimum absolute atomic E-state index is 0.000538. The number of urea groups is 1. The monoisotopic (exact) mass is 483 g/mol. The lowest BCUT2D eigenvalue weighted by Crippen LogP contribution is -2.53. The summed E-state index contributed by atoms with van der Waals surface area (Å²) in [6.45, 7) is 4.27. The zero-order valence-corrected chi connectivity index (χ0v) is 19.0. The molecule has 1 unspecified atom stereocenters. The molecule has 0 aromatic heterocycles. The third-order valence-electron chi connectivity index (χ3n) is 7.88. The lowest BCUT2D eigenvalue weighted by atomic mass is 9.86. The van der Waals surface area contributed by atoms with Crippen LogP contribution in [0, 0.1) is 17.2 Å². The van der Waals surface area contributed by atoms with Gasteiger partial charge in [0.25, 0.3) is 0 Å². The number of carbonyl (C=O) groups excluding carboxylic acids is 2. The second kappa shape index (κ2) is 8.78. The fourth-order valence-electron chi connectivity index (χ4n) is 6.04. The Morgan fingerprint density at radius 3 is 2.68 bits per heavy atom. The Kier molecular flexibility index (Phi) is 6.08. The Bertz CT molecular complexity index is 971. The Balaban J connectivity index is 1.17. The van der Waals surface area contributed by atoms with E-state index < -0.39 is 17.6 Å². The van der Waals surface area contributed by atoms with Gasteiger partial charge in [-0.15, -0.1) is 0 Å². The molecule has 0 bridgehead atoms. The van der Waals surface area contributed by atoms with Crippen molar-refractivity contribution in [2.75, 3.05) is 45.9 Å². The highest BCUT2D eigenvalue weighted by Crippen LogP contribution is 2.41. The van der Waals surface area contributed by atoms with Crippen LogP contribution in [0.15, 0.2) is 18.2 Å². The van der Waals surface area contributed by atoms with Crippen LogP contribution < -0.4 is 0 Å². The van der Waals surface area contributed by atoms with Gasteiger partial charge in [0.2, 0.25) is 0 Å². The minimum Gasteiger partial charge on any atom is -0.370 e. The van der Waals surface area contributed by atoms with Gasteiger partial charge < -0.3 is 14.5 Å². The number of hydrogen-bond donors (Lipinski definition) is 0. The summed E-state index contributed by atoms with van der Waals surface area (Å²) in [5.74, 6) is -0.685. The lowest BCUT2D eigenvalue weighted by Gasteiger charge is -2.41. The molecule has 4 aliphatic rings. The first-order valence-electron chi connectivity index (χ1n) is 11.9. The van der Waals surface area contributed by atoms with Crippen molar-refractivity contribution in [3.8, 4) is 0 Å². The smallest absolute Gasteiger partial charge is 0.370 e. The van der Waals surface area contributed by atoms with Gasteiger partial charge in [0.1, 0.15) is 12.4 Å². The van der Waals surface area contributed by atoms with Crippen molar-refractivity contribution in [1.29, 1.82) is 0 Å². The number of halogens is 4. The van der Waals surface area contributed by atoms with Crippen LogP contribution >= 0.6 is 0 Å². The molecular formula is C24H29F4N3O3. The van der Waals surface area contributed by atoms with Crippen LogP contribution in [0.3, 0.4) is 0 Å². The molecule has 5 rings (SSSR count). The summed E-state index contributed by atoms with van der Waals surface area (Å²) in [6, 6.07) is 2.71. The van der Waals surface area contributed by atoms with Gasteiger partial charge in [-0.25, -0.2) is 9.18 Å². The number of benzene rings is 1. The van der Waals surface area contributed by atoms with Crippen LogP contribution in [0.2, 0.25) is 0 Å². The summed E-state index contributed by atoms with van der Waals surface area (Å²) in [6.07, 6.45) is -1.58. The summed E-state index contributed by atoms with van der Waals surface area (Å²) in [4.78, 5) is 30.7. The number of Topliss-reactive ketones (excluding diaryl/α,β-unsaturated/α-hetero) is 1. The summed E-state index contributed by atoms with van der Waals surface area (Å²) < 4.78 is 58.3. The van der Waals surface area contributed by atoms with Crippen molar-refractivity contribution in [1.82, 2.24) is 14.7 Å². The number of amides is 2. The van der Waals surface area contributed by atoms with Crippen LogP contribution in [-0.2, 0) is 22.3 Å². The number of rotatable bonds is 2. The predicted molar refractivity (Wildman–Crippen MR) is 114 cm³/mol. The number of fused-ring (bicyclic) bond motifs is 1. The summed E-state index contributed by atoms with van der Waals surface area (Å²) in [5.41, 5.74) is -0.798. The van der Waals surface area contributed by atoms with E-state index in [9.17, 15) is 27.2 Å². The molecule has 0 N–H and O–H groups in total. The summed E-state index contributed by atoms with van der Waals surface area (Å²) in [5, 5.41) is 0. The maximum atomic E-state index is 14.3. The van der Waals surface area contributed by atoms with Gasteiger partial charge in [-0.3, -0.25) is 9.69 Å². The number of ketones is 1. The van der Waals surface area contributed by atoms with Crippen LogP contribution in [-0.4, -0.2) is 78.5 Å². The van der Waals surface area contributed by atoms with E-state index in [1.165, 1.54) is 6.07 Å². The number of piperidine rings is 1. The first kappa shape index (κ1) is 23.5. The Morgan fingerprint density at radius 2 is 1.91 bits per heavy atom. The molecule has 0 radical (unpaired) electrons. The molecule has 2 amide bonds. The van der Waals surface area contributed by atoms with Gasteiger partial charge in [0, 0.05) is 62.6 Å². The molecule has 4 fully saturated rings. The van der Waals surface area contributed by atoms with Gasteiger partial charge in [-0.2, -0.15) is 13.2 Å². The van der Waals surface area contributed by atoms with Crippen LogP contribution in [0.1, 0.15) is 36.8 Å². The summed E-state index contributed by atoms with van der Waals surface area (Å²) in [7, 11) is 0. The molecule has 1 aromatic rings. The van der Waals surface area contributed by atoms with Crippen molar-refractivity contribution >= 4 is 11.8 Å². The number of nitrogens with zero attached hydrogens (tertiary/aromatic N) is 3. The lowest BCUT2D eigenvalue weighted by molar-refractivity contribution is -0.140. The summed E-state index contributed by atoms with van der Waals surface area (Å²) >= 11 is 0. The first-order valence-corrected chi connectivity index (χ1v) is 11.9. The third-order valence-corrected chi connectivity index (χ3v) is 7.88. The first-order chi connectivity index (χ1) is 16.1. The highest BCUT2D eigenvalue weighted by molar-refractivity contribution is 5.81. The standard InChI is InChI=1S/C24H29F4N3O3/c25-20-10-18(24(26,27)28)2-1-16(20)11-29-7-4-23(14-29)5-8-31(15-23)22(33)30-6-3-21-17(12-30)9-19(32)13-34-21/h1-2,10,17,21H,3-9,11-15H2/t17-,21+,23?/m1/s1. The maximum absolute atomic E-state index is 14.3. The average Bonchev–Trinajstić information content (AvgIpc) is 3.39. The molecule has 0 saturated carbocycles. The van der Waals surface area contributed by atoms with E-state index in [4.69, 9.17) is 4.74 Å². The number of carbonyl (C=O) groups is 2. The molecule has 1 spiro atoms. The Hall–Kier alpha value is -2.20. The van der Waals surface area contributed by atoms with E-state index >= 15 is 0 Å². The van der Waals surface area contributed by atoms with Crippen molar-refractivity contribution in [3.63, 3.8) is 0 Å². The zero-order valence-electron chi connectivity index (χ0n) is 19.0. The van der Waals surface area contributed by atoms with Gasteiger partial charge in [-0.05, 0) is 37.9 Å². The quantitative estimate of drug-likeness (QED) is 0.604. The maximum Gasteiger partial charge on any atom is 0.416 e. The van der Waals surface area contributed by atoms with Crippen molar-refractivity contribution in [2.45, 2.75) is 44.5 Å².